The predicted octanol–water partition coefficient (Wildman–Crippen LogP) is 0.627. The minimum atomic E-state index is -0.501. The van der Waals surface area contributed by atoms with E-state index in [0.717, 1.165) is 6.08 Å². The number of hydrogen-bond donors (Lipinski definition) is 2. The van der Waals surface area contributed by atoms with Gasteiger partial charge in [-0.05, 0) is 12.0 Å². The Morgan fingerprint density at radius 3 is 2.37 bits per heavy atom. The summed E-state index contributed by atoms with van der Waals surface area (Å²) in [6, 6.07) is 0. The lowest BCUT2D eigenvalue weighted by atomic mass is 10.2. The van der Waals surface area contributed by atoms with Crippen molar-refractivity contribution in [1.82, 2.24) is 5.32 Å². The smallest absolute Gasteiger partial charge is 0.330 e. The van der Waals surface area contributed by atoms with Crippen LogP contribution in [0, 0.1) is 5.92 Å². The van der Waals surface area contributed by atoms with Crippen molar-refractivity contribution >= 4 is 11.9 Å². The first-order chi connectivity index (χ1) is 8.97. The van der Waals surface area contributed by atoms with Gasteiger partial charge in [-0.2, -0.15) is 0 Å². The van der Waals surface area contributed by atoms with Crippen LogP contribution in [-0.2, 0) is 19.1 Å². The van der Waals surface area contributed by atoms with Crippen molar-refractivity contribution in [2.45, 2.75) is 13.8 Å². The fourth-order valence-corrected chi connectivity index (χ4v) is 0.694. The number of aliphatic hydroxyl groups is 1. The average molecular weight is 273 g/mol. The van der Waals surface area contributed by atoms with Crippen LogP contribution >= 0.6 is 0 Å². The van der Waals surface area contributed by atoms with Crippen LogP contribution in [0.3, 0.4) is 0 Å². The number of carbonyl (C=O) groups excluding carboxylic acids is 2. The number of nitrogens with one attached hydrogen (secondary N) is 1. The Morgan fingerprint density at radius 2 is 1.95 bits per heavy atom. The topological polar surface area (TPSA) is 84.9 Å². The summed E-state index contributed by atoms with van der Waals surface area (Å²) in [7, 11) is 0. The number of aliphatic hydroxyl groups excluding tert-OH is 1. The van der Waals surface area contributed by atoms with Crippen LogP contribution in [-0.4, -0.2) is 43.5 Å². The first-order valence-corrected chi connectivity index (χ1v) is 5.85. The Bertz CT molecular complexity index is 276. The van der Waals surface area contributed by atoms with Crippen LogP contribution in [0.4, 0.5) is 0 Å². The number of hydrogen-bond acceptors (Lipinski definition) is 5. The van der Waals surface area contributed by atoms with Gasteiger partial charge in [0.05, 0.1) is 13.2 Å². The highest BCUT2D eigenvalue weighted by atomic mass is 16.5. The van der Waals surface area contributed by atoms with E-state index in [4.69, 9.17) is 9.84 Å². The van der Waals surface area contributed by atoms with Crippen LogP contribution < -0.4 is 5.32 Å². The molecule has 19 heavy (non-hydrogen) atoms. The second kappa shape index (κ2) is 14.4. The Hall–Kier alpha value is -1.66. The molecule has 0 aromatic rings. The van der Waals surface area contributed by atoms with Crippen molar-refractivity contribution in [3.05, 3.63) is 25.3 Å². The Kier molecular flexibility index (Phi) is 14.9. The molecule has 110 valence electrons. The first-order valence-electron chi connectivity index (χ1n) is 5.85. The average Bonchev–Trinajstić information content (AvgIpc) is 2.41. The predicted molar refractivity (Wildman–Crippen MR) is 72.2 cm³/mol. The number of amides is 1. The van der Waals surface area contributed by atoms with E-state index in [1.165, 1.54) is 6.08 Å². The van der Waals surface area contributed by atoms with Crippen LogP contribution in [0.2, 0.25) is 0 Å². The molecular formula is C13H23NO5. The first kappa shape index (κ1) is 19.7. The lowest BCUT2D eigenvalue weighted by Crippen LogP contribution is -2.24. The quantitative estimate of drug-likeness (QED) is 0.293. The third kappa shape index (κ3) is 18.9. The Labute approximate surface area is 114 Å². The van der Waals surface area contributed by atoms with Gasteiger partial charge in [-0.1, -0.05) is 27.0 Å². The molecule has 0 bridgehead atoms. The molecule has 0 rings (SSSR count). The summed E-state index contributed by atoms with van der Waals surface area (Å²) in [5, 5.41) is 10.6. The van der Waals surface area contributed by atoms with Gasteiger partial charge in [0.2, 0.25) is 5.91 Å². The molecule has 0 saturated heterocycles. The van der Waals surface area contributed by atoms with Gasteiger partial charge in [0.15, 0.2) is 0 Å². The van der Waals surface area contributed by atoms with E-state index in [1.54, 1.807) is 0 Å². The fourth-order valence-electron chi connectivity index (χ4n) is 0.694. The summed E-state index contributed by atoms with van der Waals surface area (Å²) in [6.07, 6.45) is 2.27. The lowest BCUT2D eigenvalue weighted by Gasteiger charge is -2.06. The molecule has 0 aromatic heterocycles. The van der Waals surface area contributed by atoms with Gasteiger partial charge < -0.3 is 19.9 Å². The number of carbonyl (C=O) groups is 2. The van der Waals surface area contributed by atoms with Gasteiger partial charge in [-0.3, -0.25) is 4.79 Å². The Balaban J connectivity index is 0. The molecule has 6 nitrogen and oxygen atoms in total. The number of rotatable bonds is 8. The molecule has 2 N–H and O–H groups in total. The van der Waals surface area contributed by atoms with Crippen LogP contribution in [0.5, 0.6) is 0 Å². The molecular weight excluding hydrogens is 250 g/mol. The highest BCUT2D eigenvalue weighted by Gasteiger charge is 1.94. The third-order valence-electron chi connectivity index (χ3n) is 1.49. The molecule has 1 amide bonds. The maximum atomic E-state index is 10.5. The van der Waals surface area contributed by atoms with E-state index >= 15 is 0 Å². The molecule has 0 spiro atoms. The maximum Gasteiger partial charge on any atom is 0.330 e. The lowest BCUT2D eigenvalue weighted by molar-refractivity contribution is -0.138. The monoisotopic (exact) mass is 273 g/mol. The minimum absolute atomic E-state index is 0.0465. The highest BCUT2D eigenvalue weighted by molar-refractivity contribution is 5.86. The normalized spacial score (nSPS) is 9.05. The van der Waals surface area contributed by atoms with Gasteiger partial charge in [0, 0.05) is 6.08 Å². The summed E-state index contributed by atoms with van der Waals surface area (Å²) in [4.78, 5) is 20.7. The van der Waals surface area contributed by atoms with E-state index in [-0.39, 0.29) is 25.9 Å². The molecule has 0 atom stereocenters. The summed E-state index contributed by atoms with van der Waals surface area (Å²) >= 11 is 0. The molecule has 0 fully saturated rings. The summed E-state index contributed by atoms with van der Waals surface area (Å²) in [5.74, 6) is -0.205. The zero-order chi connectivity index (χ0) is 15.1. The van der Waals surface area contributed by atoms with E-state index in [9.17, 15) is 9.59 Å². The van der Waals surface area contributed by atoms with Gasteiger partial charge in [0.1, 0.15) is 13.3 Å². The standard InChI is InChI=1S/C8H15NO2.C5H8O3/c1-4-8(10)9-6-11-5-7(2)3;1-2-5(7)8-4-3-6/h4,7H,1,5-6H2,2-3H3,(H,9,10);2,6H,1,3-4H2. The van der Waals surface area contributed by atoms with Crippen molar-refractivity contribution in [2.24, 2.45) is 5.92 Å². The molecule has 0 radical (unpaired) electrons. The van der Waals surface area contributed by atoms with Crippen LogP contribution in [0.15, 0.2) is 25.3 Å². The van der Waals surface area contributed by atoms with Gasteiger partial charge in [-0.15, -0.1) is 0 Å². The summed E-state index contributed by atoms with van der Waals surface area (Å²) < 4.78 is 9.42. The third-order valence-corrected chi connectivity index (χ3v) is 1.49. The Morgan fingerprint density at radius 1 is 1.32 bits per heavy atom. The summed E-state index contributed by atoms with van der Waals surface area (Å²) in [5.41, 5.74) is 0. The zero-order valence-corrected chi connectivity index (χ0v) is 11.6. The maximum absolute atomic E-state index is 10.5. The molecule has 0 unspecified atom stereocenters. The second-order valence-electron chi connectivity index (χ2n) is 3.75. The molecule has 0 aromatic carbocycles. The van der Waals surface area contributed by atoms with Crippen LogP contribution in [0.1, 0.15) is 13.8 Å². The molecule has 6 heteroatoms. The molecule has 0 aliphatic heterocycles. The molecule has 0 saturated carbocycles. The van der Waals surface area contributed by atoms with Crippen molar-refractivity contribution in [2.75, 3.05) is 26.6 Å². The highest BCUT2D eigenvalue weighted by Crippen LogP contribution is 1.90. The van der Waals surface area contributed by atoms with E-state index in [0.29, 0.717) is 12.5 Å². The largest absolute Gasteiger partial charge is 0.460 e. The second-order valence-corrected chi connectivity index (χ2v) is 3.75. The van der Waals surface area contributed by atoms with Gasteiger partial charge in [-0.25, -0.2) is 4.79 Å². The fraction of sp³-hybridized carbons (Fsp3) is 0.538. The van der Waals surface area contributed by atoms with Crippen LogP contribution in [0.25, 0.3) is 0 Å². The SMILES string of the molecule is C=CC(=O)NCOCC(C)C.C=CC(=O)OCCO. The van der Waals surface area contributed by atoms with Crippen molar-refractivity contribution in [1.29, 1.82) is 0 Å². The van der Waals surface area contributed by atoms with Crippen molar-refractivity contribution < 1.29 is 24.2 Å². The van der Waals surface area contributed by atoms with Gasteiger partial charge in [0.25, 0.3) is 0 Å². The number of ether oxygens (including phenoxy) is 2. The van der Waals surface area contributed by atoms with E-state index in [1.807, 2.05) is 0 Å². The molecule has 0 heterocycles. The van der Waals surface area contributed by atoms with E-state index in [2.05, 4.69) is 37.1 Å². The number of esters is 1. The molecule has 0 aliphatic carbocycles. The summed E-state index contributed by atoms with van der Waals surface area (Å²) in [6.45, 7) is 11.4. The van der Waals surface area contributed by atoms with E-state index < -0.39 is 5.97 Å². The van der Waals surface area contributed by atoms with Crippen molar-refractivity contribution in [3.8, 4) is 0 Å². The minimum Gasteiger partial charge on any atom is -0.460 e. The zero-order valence-electron chi connectivity index (χ0n) is 11.6. The van der Waals surface area contributed by atoms with Crippen molar-refractivity contribution in [3.63, 3.8) is 0 Å². The van der Waals surface area contributed by atoms with Gasteiger partial charge >= 0.3 is 5.97 Å². The molecule has 0 aliphatic rings.